The van der Waals surface area contributed by atoms with E-state index in [-0.39, 0.29) is 5.91 Å². The molecule has 0 aliphatic rings. The van der Waals surface area contributed by atoms with E-state index in [1.807, 2.05) is 19.9 Å². The van der Waals surface area contributed by atoms with E-state index in [0.29, 0.717) is 17.1 Å². The van der Waals surface area contributed by atoms with Crippen molar-refractivity contribution < 1.29 is 4.79 Å². The summed E-state index contributed by atoms with van der Waals surface area (Å²) in [5.74, 6) is -0.0656. The number of allylic oxidation sites excluding steroid dienone is 1. The molecule has 0 bridgehead atoms. The standard InChI is InChI=1S/C10H14N2OS/c1-7(2)3-4-12-10(13)9-5-8(11)6-14-9/h3,5-6H,4,11H2,1-2H3,(H,12,13). The van der Waals surface area contributed by atoms with Crippen molar-refractivity contribution >= 4 is 22.9 Å². The zero-order chi connectivity index (χ0) is 10.6. The lowest BCUT2D eigenvalue weighted by molar-refractivity contribution is 0.0962. The number of nitrogen functional groups attached to an aromatic ring is 1. The highest BCUT2D eigenvalue weighted by Gasteiger charge is 2.05. The van der Waals surface area contributed by atoms with Crippen LogP contribution in [0.1, 0.15) is 23.5 Å². The SMILES string of the molecule is CC(C)=CCNC(=O)c1cc(N)cs1. The molecule has 1 aromatic heterocycles. The first kappa shape index (κ1) is 10.8. The summed E-state index contributed by atoms with van der Waals surface area (Å²) < 4.78 is 0. The zero-order valence-corrected chi connectivity index (χ0v) is 9.15. The number of nitrogens with two attached hydrogens (primary N) is 1. The molecule has 0 saturated carbocycles. The van der Waals surface area contributed by atoms with Crippen molar-refractivity contribution in [2.24, 2.45) is 0 Å². The Hall–Kier alpha value is -1.29. The van der Waals surface area contributed by atoms with Crippen LogP contribution in [0, 0.1) is 0 Å². The average molecular weight is 210 g/mol. The molecular weight excluding hydrogens is 196 g/mol. The van der Waals surface area contributed by atoms with Gasteiger partial charge in [-0.2, -0.15) is 0 Å². The summed E-state index contributed by atoms with van der Waals surface area (Å²) in [6.07, 6.45) is 1.97. The normalized spacial score (nSPS) is 9.57. The van der Waals surface area contributed by atoms with Crippen molar-refractivity contribution in [2.45, 2.75) is 13.8 Å². The Kier molecular flexibility index (Phi) is 3.71. The summed E-state index contributed by atoms with van der Waals surface area (Å²) in [6, 6.07) is 1.68. The fraction of sp³-hybridized carbons (Fsp3) is 0.300. The Labute approximate surface area is 87.6 Å². The highest BCUT2D eigenvalue weighted by atomic mass is 32.1. The number of carbonyl (C=O) groups is 1. The molecule has 3 N–H and O–H groups in total. The molecule has 0 atom stereocenters. The summed E-state index contributed by atoms with van der Waals surface area (Å²) in [5, 5.41) is 4.54. The molecule has 76 valence electrons. The third kappa shape index (κ3) is 3.22. The van der Waals surface area contributed by atoms with Crippen molar-refractivity contribution in [2.75, 3.05) is 12.3 Å². The Bertz CT molecular complexity index is 351. The van der Waals surface area contributed by atoms with Gasteiger partial charge in [0.25, 0.3) is 5.91 Å². The summed E-state index contributed by atoms with van der Waals surface area (Å²) in [4.78, 5) is 12.1. The Balaban J connectivity index is 2.47. The van der Waals surface area contributed by atoms with E-state index < -0.39 is 0 Å². The third-order valence-corrected chi connectivity index (χ3v) is 2.56. The fourth-order valence-electron chi connectivity index (χ4n) is 0.905. The van der Waals surface area contributed by atoms with Crippen LogP contribution in [-0.2, 0) is 0 Å². The molecule has 1 aromatic rings. The smallest absolute Gasteiger partial charge is 0.261 e. The molecule has 1 rings (SSSR count). The monoisotopic (exact) mass is 210 g/mol. The summed E-state index contributed by atoms with van der Waals surface area (Å²) in [6.45, 7) is 4.56. The molecule has 0 radical (unpaired) electrons. The van der Waals surface area contributed by atoms with Crippen LogP contribution in [0.4, 0.5) is 5.69 Å². The Morgan fingerprint density at radius 3 is 2.86 bits per heavy atom. The van der Waals surface area contributed by atoms with Gasteiger partial charge in [-0.15, -0.1) is 11.3 Å². The highest BCUT2D eigenvalue weighted by molar-refractivity contribution is 7.12. The number of anilines is 1. The van der Waals surface area contributed by atoms with Crippen LogP contribution in [0.5, 0.6) is 0 Å². The second-order valence-electron chi connectivity index (χ2n) is 3.24. The summed E-state index contributed by atoms with van der Waals surface area (Å²) in [5.41, 5.74) is 7.34. The summed E-state index contributed by atoms with van der Waals surface area (Å²) >= 11 is 1.36. The van der Waals surface area contributed by atoms with Crippen LogP contribution in [0.2, 0.25) is 0 Å². The van der Waals surface area contributed by atoms with Crippen LogP contribution in [0.25, 0.3) is 0 Å². The molecule has 4 heteroatoms. The van der Waals surface area contributed by atoms with Crippen LogP contribution >= 0.6 is 11.3 Å². The molecule has 14 heavy (non-hydrogen) atoms. The summed E-state index contributed by atoms with van der Waals surface area (Å²) in [7, 11) is 0. The molecule has 0 aliphatic heterocycles. The molecule has 0 fully saturated rings. The first-order chi connectivity index (χ1) is 6.59. The van der Waals surface area contributed by atoms with Gasteiger partial charge in [0.1, 0.15) is 0 Å². The van der Waals surface area contributed by atoms with Crippen LogP contribution in [0.15, 0.2) is 23.1 Å². The molecule has 0 spiro atoms. The molecule has 0 unspecified atom stereocenters. The van der Waals surface area contributed by atoms with E-state index in [1.165, 1.54) is 16.9 Å². The van der Waals surface area contributed by atoms with Gasteiger partial charge in [-0.3, -0.25) is 4.79 Å². The van der Waals surface area contributed by atoms with E-state index in [0.717, 1.165) is 0 Å². The van der Waals surface area contributed by atoms with Crippen molar-refractivity contribution in [3.8, 4) is 0 Å². The van der Waals surface area contributed by atoms with Crippen molar-refractivity contribution in [3.63, 3.8) is 0 Å². The topological polar surface area (TPSA) is 55.1 Å². The Morgan fingerprint density at radius 2 is 2.36 bits per heavy atom. The quantitative estimate of drug-likeness (QED) is 0.750. The van der Waals surface area contributed by atoms with Gasteiger partial charge in [0.05, 0.1) is 4.88 Å². The first-order valence-corrected chi connectivity index (χ1v) is 5.23. The lowest BCUT2D eigenvalue weighted by atomic mass is 10.3. The minimum atomic E-state index is -0.0656. The maximum atomic E-state index is 11.5. The van der Waals surface area contributed by atoms with E-state index in [4.69, 9.17) is 5.73 Å². The Morgan fingerprint density at radius 1 is 1.64 bits per heavy atom. The van der Waals surface area contributed by atoms with E-state index in [9.17, 15) is 4.79 Å². The van der Waals surface area contributed by atoms with Crippen molar-refractivity contribution in [1.29, 1.82) is 0 Å². The van der Waals surface area contributed by atoms with Gasteiger partial charge < -0.3 is 11.1 Å². The third-order valence-electron chi connectivity index (χ3n) is 1.62. The lowest BCUT2D eigenvalue weighted by Gasteiger charge is -1.99. The molecule has 1 heterocycles. The maximum Gasteiger partial charge on any atom is 0.261 e. The fourth-order valence-corrected chi connectivity index (χ4v) is 1.62. The van der Waals surface area contributed by atoms with Crippen LogP contribution < -0.4 is 11.1 Å². The molecule has 0 aromatic carbocycles. The number of nitrogens with one attached hydrogen (secondary N) is 1. The van der Waals surface area contributed by atoms with Crippen molar-refractivity contribution in [3.05, 3.63) is 28.0 Å². The minimum absolute atomic E-state index is 0.0656. The van der Waals surface area contributed by atoms with E-state index >= 15 is 0 Å². The molecular formula is C10H14N2OS. The van der Waals surface area contributed by atoms with Gasteiger partial charge in [0.15, 0.2) is 0 Å². The second-order valence-corrected chi connectivity index (χ2v) is 4.15. The number of rotatable bonds is 3. The van der Waals surface area contributed by atoms with E-state index in [1.54, 1.807) is 11.4 Å². The van der Waals surface area contributed by atoms with Gasteiger partial charge in [-0.25, -0.2) is 0 Å². The van der Waals surface area contributed by atoms with Gasteiger partial charge >= 0.3 is 0 Å². The number of carbonyl (C=O) groups excluding carboxylic acids is 1. The lowest BCUT2D eigenvalue weighted by Crippen LogP contribution is -2.22. The largest absolute Gasteiger partial charge is 0.398 e. The zero-order valence-electron chi connectivity index (χ0n) is 8.33. The van der Waals surface area contributed by atoms with Gasteiger partial charge in [0, 0.05) is 17.6 Å². The van der Waals surface area contributed by atoms with Crippen LogP contribution in [0.3, 0.4) is 0 Å². The molecule has 0 aliphatic carbocycles. The number of hydrogen-bond donors (Lipinski definition) is 2. The molecule has 0 saturated heterocycles. The number of hydrogen-bond acceptors (Lipinski definition) is 3. The predicted octanol–water partition coefficient (Wildman–Crippen LogP) is 2.03. The van der Waals surface area contributed by atoms with Gasteiger partial charge in [-0.1, -0.05) is 11.6 Å². The average Bonchev–Trinajstić information content (AvgIpc) is 2.51. The second kappa shape index (κ2) is 4.81. The molecule has 1 amide bonds. The van der Waals surface area contributed by atoms with E-state index in [2.05, 4.69) is 5.32 Å². The van der Waals surface area contributed by atoms with Gasteiger partial charge in [0.2, 0.25) is 0 Å². The molecule has 3 nitrogen and oxygen atoms in total. The first-order valence-electron chi connectivity index (χ1n) is 4.35. The van der Waals surface area contributed by atoms with Gasteiger partial charge in [-0.05, 0) is 19.9 Å². The maximum absolute atomic E-state index is 11.5. The number of thiophene rings is 1. The number of amides is 1. The minimum Gasteiger partial charge on any atom is -0.398 e. The van der Waals surface area contributed by atoms with Crippen LogP contribution in [-0.4, -0.2) is 12.5 Å². The highest BCUT2D eigenvalue weighted by Crippen LogP contribution is 2.15. The van der Waals surface area contributed by atoms with Crippen molar-refractivity contribution in [1.82, 2.24) is 5.32 Å². The predicted molar refractivity (Wildman–Crippen MR) is 60.5 cm³/mol.